The normalized spacial score (nSPS) is 9.06. The van der Waals surface area contributed by atoms with Gasteiger partial charge in [0.1, 0.15) is 0 Å². The first-order valence-corrected chi connectivity index (χ1v) is 5.34. The van der Waals surface area contributed by atoms with E-state index in [4.69, 9.17) is 15.1 Å². The molecule has 0 aliphatic heterocycles. The van der Waals surface area contributed by atoms with Gasteiger partial charge in [0.25, 0.3) is 0 Å². The number of carboxylic acids is 1. The van der Waals surface area contributed by atoms with Crippen LogP contribution in [0, 0.1) is 0 Å². The molecular weight excluding hydrogens is 240 g/mol. The van der Waals surface area contributed by atoms with Gasteiger partial charge in [-0.3, -0.25) is 4.89 Å². The minimum Gasteiger partial charge on any atom is -0.478 e. The lowest BCUT2D eigenvalue weighted by molar-refractivity contribution is -0.182. The molecule has 1 rings (SSSR count). The summed E-state index contributed by atoms with van der Waals surface area (Å²) < 4.78 is 4.83. The highest BCUT2D eigenvalue weighted by Gasteiger charge is 2.16. The number of hydrogen-bond donors (Lipinski definition) is 2. The van der Waals surface area contributed by atoms with Crippen molar-refractivity contribution in [1.82, 2.24) is 0 Å². The quantitative estimate of drug-likeness (QED) is 0.632. The van der Waals surface area contributed by atoms with Crippen molar-refractivity contribution in [3.05, 3.63) is 35.4 Å². The molecular formula is C12H16O6. The largest absolute Gasteiger partial charge is 0.478 e. The molecule has 0 aliphatic carbocycles. The Morgan fingerprint density at radius 3 is 1.94 bits per heavy atom. The molecule has 2 N–H and O–H groups in total. The molecule has 0 amide bonds. The van der Waals surface area contributed by atoms with Gasteiger partial charge in [0.05, 0.1) is 11.1 Å². The van der Waals surface area contributed by atoms with E-state index in [1.165, 1.54) is 24.3 Å². The maximum Gasteiger partial charge on any atom is 0.373 e. The molecule has 100 valence electrons. The highest BCUT2D eigenvalue weighted by molar-refractivity contribution is 6.02. The Hall–Kier alpha value is -1.92. The molecule has 6 heteroatoms. The summed E-state index contributed by atoms with van der Waals surface area (Å²) in [6.45, 7) is 5.67. The Balaban J connectivity index is 0.000000494. The van der Waals surface area contributed by atoms with Crippen molar-refractivity contribution < 1.29 is 29.6 Å². The first-order valence-electron chi connectivity index (χ1n) is 5.34. The van der Waals surface area contributed by atoms with Crippen molar-refractivity contribution in [2.45, 2.75) is 13.8 Å². The van der Waals surface area contributed by atoms with E-state index in [9.17, 15) is 9.59 Å². The van der Waals surface area contributed by atoms with Crippen molar-refractivity contribution in [2.75, 3.05) is 13.2 Å². The number of benzene rings is 1. The van der Waals surface area contributed by atoms with Crippen LogP contribution in [0.15, 0.2) is 24.3 Å². The second-order valence-electron chi connectivity index (χ2n) is 3.01. The number of rotatable bonds is 4. The molecule has 0 heterocycles. The van der Waals surface area contributed by atoms with E-state index >= 15 is 0 Å². The Morgan fingerprint density at radius 2 is 1.61 bits per heavy atom. The summed E-state index contributed by atoms with van der Waals surface area (Å²) in [5.41, 5.74) is -0.390. The number of ether oxygens (including phenoxy) is 1. The SMILES string of the molecule is CCOCC.O=C(O)c1ccccc1C(=O)OO. The Labute approximate surface area is 105 Å². The van der Waals surface area contributed by atoms with Gasteiger partial charge in [-0.1, -0.05) is 12.1 Å². The average Bonchev–Trinajstić information content (AvgIpc) is 2.39. The highest BCUT2D eigenvalue weighted by Crippen LogP contribution is 2.09. The third kappa shape index (κ3) is 5.42. The summed E-state index contributed by atoms with van der Waals surface area (Å²) >= 11 is 0. The monoisotopic (exact) mass is 256 g/mol. The summed E-state index contributed by atoms with van der Waals surface area (Å²) in [6, 6.07) is 5.44. The molecule has 0 saturated carbocycles. The van der Waals surface area contributed by atoms with Crippen molar-refractivity contribution in [3.63, 3.8) is 0 Å². The summed E-state index contributed by atoms with van der Waals surface area (Å²) in [5.74, 6) is -2.33. The summed E-state index contributed by atoms with van der Waals surface area (Å²) in [5, 5.41) is 16.7. The van der Waals surface area contributed by atoms with Crippen LogP contribution < -0.4 is 0 Å². The van der Waals surface area contributed by atoms with E-state index in [0.29, 0.717) is 0 Å². The van der Waals surface area contributed by atoms with Gasteiger partial charge in [-0.2, -0.15) is 5.26 Å². The van der Waals surface area contributed by atoms with Crippen LogP contribution in [-0.2, 0) is 9.62 Å². The first-order chi connectivity index (χ1) is 8.58. The molecule has 0 fully saturated rings. The molecule has 0 atom stereocenters. The van der Waals surface area contributed by atoms with E-state index in [-0.39, 0.29) is 11.1 Å². The maximum absolute atomic E-state index is 10.8. The van der Waals surface area contributed by atoms with Gasteiger partial charge in [-0.25, -0.2) is 9.59 Å². The first kappa shape index (κ1) is 16.1. The minimum atomic E-state index is -1.25. The van der Waals surface area contributed by atoms with Crippen molar-refractivity contribution >= 4 is 11.9 Å². The van der Waals surface area contributed by atoms with Gasteiger partial charge in [0, 0.05) is 13.2 Å². The van der Waals surface area contributed by atoms with Crippen LogP contribution in [0.4, 0.5) is 0 Å². The average molecular weight is 256 g/mol. The predicted octanol–water partition coefficient (Wildman–Crippen LogP) is 2.06. The standard InChI is InChI=1S/C8H6O5.C4H10O/c9-7(10)5-3-1-2-4-6(5)8(11)13-12;1-3-5-4-2/h1-4,12H,(H,9,10);3-4H2,1-2H3. The van der Waals surface area contributed by atoms with Crippen LogP contribution in [0.1, 0.15) is 34.6 Å². The van der Waals surface area contributed by atoms with Crippen LogP contribution in [0.2, 0.25) is 0 Å². The minimum absolute atomic E-state index is 0.183. The van der Waals surface area contributed by atoms with Crippen LogP contribution in [0.3, 0.4) is 0 Å². The van der Waals surface area contributed by atoms with Crippen molar-refractivity contribution in [3.8, 4) is 0 Å². The number of aromatic carboxylic acids is 1. The number of carbonyl (C=O) groups is 2. The van der Waals surface area contributed by atoms with Crippen LogP contribution >= 0.6 is 0 Å². The van der Waals surface area contributed by atoms with E-state index < -0.39 is 11.9 Å². The zero-order valence-corrected chi connectivity index (χ0v) is 10.3. The van der Waals surface area contributed by atoms with Gasteiger partial charge < -0.3 is 9.84 Å². The van der Waals surface area contributed by atoms with Crippen molar-refractivity contribution in [1.29, 1.82) is 0 Å². The fraction of sp³-hybridized carbons (Fsp3) is 0.333. The maximum atomic E-state index is 10.8. The molecule has 0 bridgehead atoms. The van der Waals surface area contributed by atoms with Gasteiger partial charge >= 0.3 is 11.9 Å². The van der Waals surface area contributed by atoms with Crippen LogP contribution in [0.5, 0.6) is 0 Å². The van der Waals surface area contributed by atoms with E-state index in [1.807, 2.05) is 13.8 Å². The third-order valence-corrected chi connectivity index (χ3v) is 1.87. The van der Waals surface area contributed by atoms with E-state index in [2.05, 4.69) is 4.89 Å². The second kappa shape index (κ2) is 9.15. The summed E-state index contributed by atoms with van der Waals surface area (Å²) in [4.78, 5) is 24.8. The van der Waals surface area contributed by atoms with Crippen LogP contribution in [0.25, 0.3) is 0 Å². The molecule has 1 aromatic carbocycles. The Kier molecular flexibility index (Phi) is 8.17. The lowest BCUT2D eigenvalue weighted by Gasteiger charge is -2.00. The molecule has 1 aromatic rings. The van der Waals surface area contributed by atoms with E-state index in [1.54, 1.807) is 0 Å². The van der Waals surface area contributed by atoms with E-state index in [0.717, 1.165) is 13.2 Å². The fourth-order valence-electron chi connectivity index (χ4n) is 1.10. The zero-order valence-electron chi connectivity index (χ0n) is 10.3. The number of carboxylic acid groups (broad SMARTS) is 1. The topological polar surface area (TPSA) is 93.1 Å². The smallest absolute Gasteiger partial charge is 0.373 e. The zero-order chi connectivity index (χ0) is 14.0. The van der Waals surface area contributed by atoms with Gasteiger partial charge in [-0.05, 0) is 26.0 Å². The Morgan fingerprint density at radius 1 is 1.11 bits per heavy atom. The third-order valence-electron chi connectivity index (χ3n) is 1.87. The highest BCUT2D eigenvalue weighted by atomic mass is 17.1. The molecule has 0 saturated heterocycles. The van der Waals surface area contributed by atoms with Gasteiger partial charge in [-0.15, -0.1) is 0 Å². The number of carbonyl (C=O) groups excluding carboxylic acids is 1. The number of hydrogen-bond acceptors (Lipinski definition) is 5. The lowest BCUT2D eigenvalue weighted by Crippen LogP contribution is -2.09. The van der Waals surface area contributed by atoms with Crippen LogP contribution in [-0.4, -0.2) is 35.5 Å². The molecule has 18 heavy (non-hydrogen) atoms. The Bertz CT molecular complexity index is 386. The van der Waals surface area contributed by atoms with Gasteiger partial charge in [0.2, 0.25) is 0 Å². The molecule has 0 radical (unpaired) electrons. The van der Waals surface area contributed by atoms with Crippen molar-refractivity contribution in [2.24, 2.45) is 0 Å². The molecule has 0 aliphatic rings. The lowest BCUT2D eigenvalue weighted by atomic mass is 10.1. The summed E-state index contributed by atoms with van der Waals surface area (Å²) in [7, 11) is 0. The molecule has 0 spiro atoms. The van der Waals surface area contributed by atoms with Gasteiger partial charge in [0.15, 0.2) is 0 Å². The molecule has 0 unspecified atom stereocenters. The second-order valence-corrected chi connectivity index (χ2v) is 3.01. The predicted molar refractivity (Wildman–Crippen MR) is 63.6 cm³/mol. The fourth-order valence-corrected chi connectivity index (χ4v) is 1.10. The molecule has 0 aromatic heterocycles. The summed E-state index contributed by atoms with van der Waals surface area (Å²) in [6.07, 6.45) is 0. The molecule has 6 nitrogen and oxygen atoms in total.